The van der Waals surface area contributed by atoms with Gasteiger partial charge in [-0.3, -0.25) is 4.98 Å². The van der Waals surface area contributed by atoms with E-state index in [1.54, 1.807) is 12.4 Å². The lowest BCUT2D eigenvalue weighted by atomic mass is 9.88. The quantitative estimate of drug-likeness (QED) is 0.804. The smallest absolute Gasteiger partial charge is 0.223 e. The monoisotopic (exact) mass is 302 g/mol. The summed E-state index contributed by atoms with van der Waals surface area (Å²) in [5.74, 6) is 0.678. The molecule has 0 aliphatic heterocycles. The summed E-state index contributed by atoms with van der Waals surface area (Å²) in [6.07, 6.45) is 6.80. The molecule has 0 unspecified atom stereocenters. The molecule has 4 rings (SSSR count). The second-order valence-electron chi connectivity index (χ2n) is 5.83. The highest BCUT2D eigenvalue weighted by atomic mass is 15.1. The van der Waals surface area contributed by atoms with Crippen molar-refractivity contribution in [3.05, 3.63) is 72.1 Å². The van der Waals surface area contributed by atoms with Crippen LogP contribution in [0.1, 0.15) is 17.5 Å². The number of fused-ring (bicyclic) bond motifs is 1. The van der Waals surface area contributed by atoms with E-state index in [0.717, 1.165) is 30.7 Å². The predicted octanol–water partition coefficient (Wildman–Crippen LogP) is 3.51. The summed E-state index contributed by atoms with van der Waals surface area (Å²) < 4.78 is 0. The van der Waals surface area contributed by atoms with Crippen molar-refractivity contribution in [3.8, 4) is 11.4 Å². The molecule has 2 heterocycles. The maximum atomic E-state index is 4.61. The Kier molecular flexibility index (Phi) is 3.72. The van der Waals surface area contributed by atoms with Crippen molar-refractivity contribution >= 4 is 5.95 Å². The van der Waals surface area contributed by atoms with E-state index in [1.165, 1.54) is 11.1 Å². The molecule has 1 aromatic carbocycles. The van der Waals surface area contributed by atoms with Crippen LogP contribution >= 0.6 is 0 Å². The number of hydrogen-bond acceptors (Lipinski definition) is 4. The summed E-state index contributed by atoms with van der Waals surface area (Å²) in [7, 11) is 0. The molecule has 1 aliphatic carbocycles. The van der Waals surface area contributed by atoms with Crippen LogP contribution in [0.3, 0.4) is 0 Å². The number of benzene rings is 1. The normalized spacial score (nSPS) is 16.6. The van der Waals surface area contributed by atoms with Crippen LogP contribution in [0.25, 0.3) is 11.4 Å². The van der Waals surface area contributed by atoms with Crippen molar-refractivity contribution in [2.75, 3.05) is 5.32 Å². The molecule has 0 saturated carbocycles. The Labute approximate surface area is 135 Å². The van der Waals surface area contributed by atoms with Crippen LogP contribution in [-0.2, 0) is 12.8 Å². The SMILES string of the molecule is c1ccc(-c2ccnc(N[C@H]3CCc4ccccc4C3)n2)nc1. The van der Waals surface area contributed by atoms with E-state index < -0.39 is 0 Å². The fourth-order valence-corrected chi connectivity index (χ4v) is 3.09. The van der Waals surface area contributed by atoms with Crippen molar-refractivity contribution < 1.29 is 0 Å². The van der Waals surface area contributed by atoms with Gasteiger partial charge in [-0.1, -0.05) is 30.3 Å². The molecule has 3 aromatic rings. The third-order valence-corrected chi connectivity index (χ3v) is 4.26. The summed E-state index contributed by atoms with van der Waals surface area (Å²) >= 11 is 0. The molecule has 4 nitrogen and oxygen atoms in total. The van der Waals surface area contributed by atoms with E-state index in [9.17, 15) is 0 Å². The van der Waals surface area contributed by atoms with Gasteiger partial charge >= 0.3 is 0 Å². The number of anilines is 1. The Morgan fingerprint density at radius 3 is 2.57 bits per heavy atom. The van der Waals surface area contributed by atoms with Crippen molar-refractivity contribution in [3.63, 3.8) is 0 Å². The minimum atomic E-state index is 0.379. The fourth-order valence-electron chi connectivity index (χ4n) is 3.09. The largest absolute Gasteiger partial charge is 0.351 e. The van der Waals surface area contributed by atoms with E-state index in [0.29, 0.717) is 12.0 Å². The second-order valence-corrected chi connectivity index (χ2v) is 5.83. The van der Waals surface area contributed by atoms with Gasteiger partial charge in [-0.25, -0.2) is 9.97 Å². The molecule has 23 heavy (non-hydrogen) atoms. The Bertz CT molecular complexity index is 801. The Morgan fingerprint density at radius 1 is 0.826 bits per heavy atom. The third-order valence-electron chi connectivity index (χ3n) is 4.26. The van der Waals surface area contributed by atoms with E-state index in [1.807, 2.05) is 24.3 Å². The van der Waals surface area contributed by atoms with Gasteiger partial charge < -0.3 is 5.32 Å². The van der Waals surface area contributed by atoms with Gasteiger partial charge in [-0.15, -0.1) is 0 Å². The molecule has 1 aliphatic rings. The molecular weight excluding hydrogens is 284 g/mol. The number of aromatic nitrogens is 3. The first kappa shape index (κ1) is 13.9. The first-order valence-electron chi connectivity index (χ1n) is 7.96. The van der Waals surface area contributed by atoms with Crippen LogP contribution in [0.2, 0.25) is 0 Å². The lowest BCUT2D eigenvalue weighted by Crippen LogP contribution is -2.28. The minimum absolute atomic E-state index is 0.379. The average molecular weight is 302 g/mol. The molecule has 114 valence electrons. The lowest BCUT2D eigenvalue weighted by molar-refractivity contribution is 0.606. The molecule has 0 spiro atoms. The number of rotatable bonds is 3. The maximum Gasteiger partial charge on any atom is 0.223 e. The first-order valence-corrected chi connectivity index (χ1v) is 7.96. The highest BCUT2D eigenvalue weighted by molar-refractivity contribution is 5.54. The second kappa shape index (κ2) is 6.16. The number of nitrogens with one attached hydrogen (secondary N) is 1. The van der Waals surface area contributed by atoms with Crippen LogP contribution in [0.4, 0.5) is 5.95 Å². The van der Waals surface area contributed by atoms with Crippen LogP contribution in [0.15, 0.2) is 60.9 Å². The molecule has 1 atom stereocenters. The van der Waals surface area contributed by atoms with Gasteiger partial charge in [0.25, 0.3) is 0 Å². The number of pyridine rings is 1. The molecular formula is C19H18N4. The van der Waals surface area contributed by atoms with Crippen molar-refractivity contribution in [2.45, 2.75) is 25.3 Å². The van der Waals surface area contributed by atoms with Gasteiger partial charge in [0.15, 0.2) is 0 Å². The lowest BCUT2D eigenvalue weighted by Gasteiger charge is -2.25. The van der Waals surface area contributed by atoms with Gasteiger partial charge in [0.1, 0.15) is 0 Å². The Hall–Kier alpha value is -2.75. The van der Waals surface area contributed by atoms with Gasteiger partial charge in [-0.05, 0) is 48.6 Å². The number of hydrogen-bond donors (Lipinski definition) is 1. The zero-order chi connectivity index (χ0) is 15.5. The number of aryl methyl sites for hydroxylation is 1. The zero-order valence-corrected chi connectivity index (χ0v) is 12.8. The molecule has 0 radical (unpaired) electrons. The Balaban J connectivity index is 1.52. The molecule has 0 bridgehead atoms. The highest BCUT2D eigenvalue weighted by Crippen LogP contribution is 2.23. The predicted molar refractivity (Wildman–Crippen MR) is 91.1 cm³/mol. The fraction of sp³-hybridized carbons (Fsp3) is 0.211. The summed E-state index contributed by atoms with van der Waals surface area (Å²) in [6, 6.07) is 16.8. The summed E-state index contributed by atoms with van der Waals surface area (Å²) in [5.41, 5.74) is 4.61. The molecule has 1 N–H and O–H groups in total. The van der Waals surface area contributed by atoms with Crippen LogP contribution < -0.4 is 5.32 Å². The molecule has 4 heteroatoms. The molecule has 0 saturated heterocycles. The summed E-state index contributed by atoms with van der Waals surface area (Å²) in [5, 5.41) is 3.48. The van der Waals surface area contributed by atoms with E-state index >= 15 is 0 Å². The van der Waals surface area contributed by atoms with Crippen LogP contribution in [-0.4, -0.2) is 21.0 Å². The van der Waals surface area contributed by atoms with Crippen LogP contribution in [0.5, 0.6) is 0 Å². The topological polar surface area (TPSA) is 50.7 Å². The highest BCUT2D eigenvalue weighted by Gasteiger charge is 2.18. The maximum absolute atomic E-state index is 4.61. The summed E-state index contributed by atoms with van der Waals surface area (Å²) in [6.45, 7) is 0. The van der Waals surface area contributed by atoms with Crippen molar-refractivity contribution in [1.29, 1.82) is 0 Å². The summed E-state index contributed by atoms with van der Waals surface area (Å²) in [4.78, 5) is 13.3. The van der Waals surface area contributed by atoms with E-state index in [-0.39, 0.29) is 0 Å². The zero-order valence-electron chi connectivity index (χ0n) is 12.8. The van der Waals surface area contributed by atoms with Gasteiger partial charge in [0.2, 0.25) is 5.95 Å². The number of nitrogens with zero attached hydrogens (tertiary/aromatic N) is 3. The average Bonchev–Trinajstić information content (AvgIpc) is 2.63. The van der Waals surface area contributed by atoms with Crippen LogP contribution in [0, 0.1) is 0 Å². The van der Waals surface area contributed by atoms with E-state index in [2.05, 4.69) is 44.5 Å². The van der Waals surface area contributed by atoms with Crippen molar-refractivity contribution in [2.24, 2.45) is 0 Å². The first-order chi connectivity index (χ1) is 11.4. The Morgan fingerprint density at radius 2 is 1.70 bits per heavy atom. The third kappa shape index (κ3) is 3.06. The standard InChI is InChI=1S/C19H18N4/c1-2-6-15-13-16(9-8-14(15)5-1)22-19-21-12-10-18(23-19)17-7-3-4-11-20-17/h1-7,10-12,16H,8-9,13H2,(H,21,22,23)/t16-/m0/s1. The van der Waals surface area contributed by atoms with Gasteiger partial charge in [0, 0.05) is 18.4 Å². The molecule has 0 fully saturated rings. The van der Waals surface area contributed by atoms with Crippen molar-refractivity contribution in [1.82, 2.24) is 15.0 Å². The van der Waals surface area contributed by atoms with Gasteiger partial charge in [-0.2, -0.15) is 0 Å². The van der Waals surface area contributed by atoms with E-state index in [4.69, 9.17) is 0 Å². The molecule has 2 aromatic heterocycles. The minimum Gasteiger partial charge on any atom is -0.351 e. The van der Waals surface area contributed by atoms with Gasteiger partial charge in [0.05, 0.1) is 11.4 Å². The molecule has 0 amide bonds.